The molecule has 0 saturated heterocycles. The van der Waals surface area contributed by atoms with Crippen molar-refractivity contribution in [2.24, 2.45) is 0 Å². The summed E-state index contributed by atoms with van der Waals surface area (Å²) in [4.78, 5) is 11.0. The lowest BCUT2D eigenvalue weighted by molar-refractivity contribution is 0.588. The molecule has 0 spiro atoms. The number of hydrogen-bond donors (Lipinski definition) is 2. The molecule has 0 amide bonds. The van der Waals surface area contributed by atoms with Gasteiger partial charge in [-0.15, -0.1) is 0 Å². The number of H-pyrrole nitrogens is 1. The molecule has 116 valence electrons. The highest BCUT2D eigenvalue weighted by Crippen LogP contribution is 2.16. The average molecular weight is 319 g/mol. The van der Waals surface area contributed by atoms with Crippen molar-refractivity contribution in [2.75, 3.05) is 6.54 Å². The highest BCUT2D eigenvalue weighted by molar-refractivity contribution is 7.92. The summed E-state index contributed by atoms with van der Waals surface area (Å²) in [5.41, 5.74) is 2.48. The molecule has 7 heteroatoms. The smallest absolute Gasteiger partial charge is 0.264 e. The normalized spacial score (nSPS) is 11.3. The molecule has 6 nitrogen and oxygen atoms in total. The average Bonchev–Trinajstić information content (AvgIpc) is 2.53. The Kier molecular flexibility index (Phi) is 5.24. The van der Waals surface area contributed by atoms with Gasteiger partial charge in [-0.3, -0.25) is 4.79 Å². The van der Waals surface area contributed by atoms with Gasteiger partial charge in [0.25, 0.3) is 5.56 Å². The largest absolute Gasteiger partial charge is 0.268 e. The van der Waals surface area contributed by atoms with E-state index in [0.29, 0.717) is 18.7 Å². The molecular weight excluding hydrogens is 302 g/mol. The van der Waals surface area contributed by atoms with Crippen molar-refractivity contribution >= 4 is 10.0 Å². The van der Waals surface area contributed by atoms with Crippen LogP contribution >= 0.6 is 0 Å². The lowest BCUT2D eigenvalue weighted by atomic mass is 10.1. The van der Waals surface area contributed by atoms with Crippen LogP contribution in [0.15, 0.2) is 53.2 Å². The molecule has 1 heterocycles. The van der Waals surface area contributed by atoms with E-state index in [9.17, 15) is 13.2 Å². The van der Waals surface area contributed by atoms with Crippen molar-refractivity contribution in [2.45, 2.75) is 12.8 Å². The van der Waals surface area contributed by atoms with Gasteiger partial charge in [0.15, 0.2) is 0 Å². The van der Waals surface area contributed by atoms with Gasteiger partial charge in [-0.1, -0.05) is 30.8 Å². The van der Waals surface area contributed by atoms with Crippen LogP contribution in [0.5, 0.6) is 0 Å². The summed E-state index contributed by atoms with van der Waals surface area (Å²) in [7, 11) is -3.34. The Labute approximate surface area is 129 Å². The standard InChI is InChI=1S/C15H17N3O3S/c1-2-22(20,21)16-11-3-4-12-5-7-13(8-6-12)14-9-10-15(19)18-17-14/h2,5-10,16H,1,3-4,11H2,(H,18,19). The van der Waals surface area contributed by atoms with Gasteiger partial charge in [-0.2, -0.15) is 5.10 Å². The second-order valence-corrected chi connectivity index (χ2v) is 6.42. The Balaban J connectivity index is 1.91. The van der Waals surface area contributed by atoms with Gasteiger partial charge in [0.05, 0.1) is 5.69 Å². The first-order chi connectivity index (χ1) is 10.5. The minimum absolute atomic E-state index is 0.234. The summed E-state index contributed by atoms with van der Waals surface area (Å²) in [5, 5.41) is 7.26. The lowest BCUT2D eigenvalue weighted by Gasteiger charge is -2.05. The number of aromatic nitrogens is 2. The van der Waals surface area contributed by atoms with Crippen LogP contribution in [-0.4, -0.2) is 25.2 Å². The van der Waals surface area contributed by atoms with Crippen LogP contribution in [0.2, 0.25) is 0 Å². The molecule has 0 aliphatic heterocycles. The summed E-state index contributed by atoms with van der Waals surface area (Å²) in [6, 6.07) is 10.9. The fourth-order valence-corrected chi connectivity index (χ4v) is 2.46. The number of hydrogen-bond acceptors (Lipinski definition) is 4. The third-order valence-corrected chi connectivity index (χ3v) is 4.14. The molecule has 1 aromatic carbocycles. The van der Waals surface area contributed by atoms with Crippen LogP contribution in [0.3, 0.4) is 0 Å². The van der Waals surface area contributed by atoms with Crippen molar-refractivity contribution in [1.82, 2.24) is 14.9 Å². The van der Waals surface area contributed by atoms with E-state index in [1.165, 1.54) is 6.07 Å². The van der Waals surface area contributed by atoms with Crippen LogP contribution < -0.4 is 10.3 Å². The maximum atomic E-state index is 11.2. The van der Waals surface area contributed by atoms with E-state index in [4.69, 9.17) is 0 Å². The lowest BCUT2D eigenvalue weighted by Crippen LogP contribution is -2.22. The highest BCUT2D eigenvalue weighted by atomic mass is 32.2. The molecule has 2 N–H and O–H groups in total. The topological polar surface area (TPSA) is 91.9 Å². The van der Waals surface area contributed by atoms with E-state index < -0.39 is 10.0 Å². The second-order valence-electron chi connectivity index (χ2n) is 4.71. The highest BCUT2D eigenvalue weighted by Gasteiger charge is 2.03. The zero-order chi connectivity index (χ0) is 16.0. The minimum atomic E-state index is -3.34. The van der Waals surface area contributed by atoms with E-state index >= 15 is 0 Å². The third kappa shape index (κ3) is 4.64. The van der Waals surface area contributed by atoms with Gasteiger partial charge in [0.1, 0.15) is 0 Å². The quantitative estimate of drug-likeness (QED) is 0.755. The molecule has 0 unspecified atom stereocenters. The first-order valence-electron chi connectivity index (χ1n) is 6.77. The van der Waals surface area contributed by atoms with E-state index in [0.717, 1.165) is 23.0 Å². The van der Waals surface area contributed by atoms with E-state index in [-0.39, 0.29) is 5.56 Å². The number of nitrogens with zero attached hydrogens (tertiary/aromatic N) is 1. The van der Waals surface area contributed by atoms with Gasteiger partial charge < -0.3 is 0 Å². The Morgan fingerprint density at radius 2 is 1.91 bits per heavy atom. The first-order valence-corrected chi connectivity index (χ1v) is 8.32. The predicted octanol–water partition coefficient (Wildman–Crippen LogP) is 1.43. The summed E-state index contributed by atoms with van der Waals surface area (Å²) in [5.74, 6) is 0. The third-order valence-electron chi connectivity index (χ3n) is 3.09. The van der Waals surface area contributed by atoms with Crippen molar-refractivity contribution in [1.29, 1.82) is 0 Å². The molecule has 0 radical (unpaired) electrons. The Bertz CT molecular complexity index is 775. The molecule has 0 aliphatic rings. The molecule has 0 saturated carbocycles. The second kappa shape index (κ2) is 7.15. The van der Waals surface area contributed by atoms with Gasteiger partial charge in [-0.05, 0) is 24.5 Å². The summed E-state index contributed by atoms with van der Waals surface area (Å²) >= 11 is 0. The van der Waals surface area contributed by atoms with Crippen LogP contribution in [-0.2, 0) is 16.4 Å². The number of benzene rings is 1. The number of sulfonamides is 1. The van der Waals surface area contributed by atoms with Crippen molar-refractivity contribution in [3.05, 3.63) is 64.3 Å². The van der Waals surface area contributed by atoms with E-state index in [1.807, 2.05) is 24.3 Å². The van der Waals surface area contributed by atoms with Gasteiger partial charge >= 0.3 is 0 Å². The fourth-order valence-electron chi connectivity index (χ4n) is 1.91. The Morgan fingerprint density at radius 1 is 1.18 bits per heavy atom. The fraction of sp³-hybridized carbons (Fsp3) is 0.200. The molecule has 0 atom stereocenters. The van der Waals surface area contributed by atoms with Crippen LogP contribution in [0, 0.1) is 0 Å². The molecular formula is C15H17N3O3S. The van der Waals surface area contributed by atoms with Crippen molar-refractivity contribution < 1.29 is 8.42 Å². The molecule has 2 aromatic rings. The zero-order valence-corrected chi connectivity index (χ0v) is 12.8. The Morgan fingerprint density at radius 3 is 2.50 bits per heavy atom. The monoisotopic (exact) mass is 319 g/mol. The number of rotatable bonds is 7. The number of aryl methyl sites for hydroxylation is 1. The van der Waals surface area contributed by atoms with Crippen molar-refractivity contribution in [3.8, 4) is 11.3 Å². The molecule has 0 aliphatic carbocycles. The van der Waals surface area contributed by atoms with E-state index in [2.05, 4.69) is 21.5 Å². The van der Waals surface area contributed by atoms with Crippen LogP contribution in [0.1, 0.15) is 12.0 Å². The SMILES string of the molecule is C=CS(=O)(=O)NCCCc1ccc(-c2ccc(=O)[nH]n2)cc1. The molecule has 1 aromatic heterocycles. The minimum Gasteiger partial charge on any atom is -0.268 e. The summed E-state index contributed by atoms with van der Waals surface area (Å²) in [6.45, 7) is 3.61. The summed E-state index contributed by atoms with van der Waals surface area (Å²) in [6.07, 6.45) is 1.46. The van der Waals surface area contributed by atoms with Gasteiger partial charge in [0, 0.05) is 23.6 Å². The maximum Gasteiger partial charge on any atom is 0.264 e. The van der Waals surface area contributed by atoms with Crippen LogP contribution in [0.25, 0.3) is 11.3 Å². The summed E-state index contributed by atoms with van der Waals surface area (Å²) < 4.78 is 24.8. The molecule has 0 bridgehead atoms. The molecule has 2 rings (SSSR count). The molecule has 0 fully saturated rings. The van der Waals surface area contributed by atoms with Gasteiger partial charge in [0.2, 0.25) is 10.0 Å². The number of aromatic amines is 1. The number of nitrogens with one attached hydrogen (secondary N) is 2. The zero-order valence-electron chi connectivity index (χ0n) is 12.0. The van der Waals surface area contributed by atoms with Crippen molar-refractivity contribution in [3.63, 3.8) is 0 Å². The van der Waals surface area contributed by atoms with Gasteiger partial charge in [-0.25, -0.2) is 18.2 Å². The maximum absolute atomic E-state index is 11.2. The Hall–Kier alpha value is -2.25. The van der Waals surface area contributed by atoms with Crippen LogP contribution in [0.4, 0.5) is 0 Å². The predicted molar refractivity (Wildman–Crippen MR) is 85.7 cm³/mol. The molecule has 22 heavy (non-hydrogen) atoms. The van der Waals surface area contributed by atoms with E-state index in [1.54, 1.807) is 6.07 Å². The first kappa shape index (κ1) is 16.1.